The van der Waals surface area contributed by atoms with Crippen LogP contribution in [0.5, 0.6) is 0 Å². The van der Waals surface area contributed by atoms with E-state index in [9.17, 15) is 0 Å². The molecule has 0 aliphatic heterocycles. The molecule has 0 radical (unpaired) electrons. The van der Waals surface area contributed by atoms with Gasteiger partial charge in [0, 0.05) is 26.1 Å². The second-order valence-corrected chi connectivity index (χ2v) is 4.45. The molecule has 0 saturated heterocycles. The first-order valence-electron chi connectivity index (χ1n) is 5.95. The highest BCUT2D eigenvalue weighted by molar-refractivity contribution is 5.80. The molecule has 0 spiro atoms. The van der Waals surface area contributed by atoms with E-state index >= 15 is 0 Å². The summed E-state index contributed by atoms with van der Waals surface area (Å²) < 4.78 is 5.03. The molecule has 1 aliphatic carbocycles. The molecule has 2 rings (SSSR count). The largest absolute Gasteiger partial charge is 0.356 e. The third-order valence-electron chi connectivity index (χ3n) is 2.86. The molecule has 0 amide bonds. The van der Waals surface area contributed by atoms with Gasteiger partial charge in [0.2, 0.25) is 5.89 Å². The summed E-state index contributed by atoms with van der Waals surface area (Å²) in [6, 6.07) is 0.576. The average Bonchev–Trinajstić information content (AvgIpc) is 2.82. The number of hydrogen-bond acceptors (Lipinski definition) is 4. The molecule has 94 valence electrons. The smallest absolute Gasteiger partial charge is 0.228 e. The van der Waals surface area contributed by atoms with Crippen LogP contribution in [0, 0.1) is 12.8 Å². The highest BCUT2D eigenvalue weighted by Gasteiger charge is 2.33. The Kier molecular flexibility index (Phi) is 3.61. The average molecular weight is 237 g/mol. The summed E-state index contributed by atoms with van der Waals surface area (Å²) in [7, 11) is 1.78. The van der Waals surface area contributed by atoms with Crippen LogP contribution >= 0.6 is 0 Å². The number of guanidine groups is 1. The minimum Gasteiger partial charge on any atom is -0.356 e. The molecule has 6 heteroatoms. The molecule has 1 aliphatic rings. The van der Waals surface area contributed by atoms with E-state index in [-0.39, 0.29) is 0 Å². The zero-order valence-electron chi connectivity index (χ0n) is 10.5. The second kappa shape index (κ2) is 5.16. The second-order valence-electron chi connectivity index (χ2n) is 4.45. The van der Waals surface area contributed by atoms with Crippen LogP contribution < -0.4 is 10.6 Å². The van der Waals surface area contributed by atoms with Crippen molar-refractivity contribution in [2.24, 2.45) is 10.9 Å². The monoisotopic (exact) mass is 237 g/mol. The Morgan fingerprint density at radius 2 is 2.35 bits per heavy atom. The van der Waals surface area contributed by atoms with Crippen LogP contribution in [0.1, 0.15) is 25.1 Å². The number of rotatable bonds is 4. The Hall–Kier alpha value is -1.59. The summed E-state index contributed by atoms with van der Waals surface area (Å²) in [5.41, 5.74) is 0. The zero-order chi connectivity index (χ0) is 12.3. The van der Waals surface area contributed by atoms with E-state index < -0.39 is 0 Å². The Labute approximate surface area is 101 Å². The number of nitrogens with zero attached hydrogens (tertiary/aromatic N) is 3. The van der Waals surface area contributed by atoms with Crippen molar-refractivity contribution >= 4 is 5.96 Å². The van der Waals surface area contributed by atoms with E-state index in [0.717, 1.165) is 18.4 Å². The summed E-state index contributed by atoms with van der Waals surface area (Å²) >= 11 is 0. The van der Waals surface area contributed by atoms with Crippen molar-refractivity contribution in [2.45, 2.75) is 32.7 Å². The van der Waals surface area contributed by atoms with Crippen LogP contribution in [0.4, 0.5) is 0 Å². The molecular formula is C11H19N5O. The van der Waals surface area contributed by atoms with Crippen molar-refractivity contribution in [2.75, 3.05) is 13.6 Å². The summed E-state index contributed by atoms with van der Waals surface area (Å²) in [6.07, 6.45) is 1.94. The lowest BCUT2D eigenvalue weighted by molar-refractivity contribution is 0.374. The summed E-state index contributed by atoms with van der Waals surface area (Å²) in [5, 5.41) is 10.3. The molecule has 1 aromatic rings. The molecule has 6 nitrogen and oxygen atoms in total. The van der Waals surface area contributed by atoms with Gasteiger partial charge < -0.3 is 15.2 Å². The molecule has 2 atom stereocenters. The van der Waals surface area contributed by atoms with Gasteiger partial charge >= 0.3 is 0 Å². The number of aromatic nitrogens is 2. The summed E-state index contributed by atoms with van der Waals surface area (Å²) in [5.74, 6) is 2.93. The number of aryl methyl sites for hydroxylation is 1. The van der Waals surface area contributed by atoms with Crippen LogP contribution in [0.15, 0.2) is 9.52 Å². The van der Waals surface area contributed by atoms with E-state index in [2.05, 4.69) is 32.7 Å². The molecule has 1 saturated carbocycles. The van der Waals surface area contributed by atoms with Gasteiger partial charge in [-0.2, -0.15) is 4.98 Å². The van der Waals surface area contributed by atoms with Gasteiger partial charge in [0.05, 0.1) is 0 Å². The number of hydrogen-bond donors (Lipinski definition) is 2. The van der Waals surface area contributed by atoms with Crippen molar-refractivity contribution in [1.29, 1.82) is 0 Å². The van der Waals surface area contributed by atoms with Gasteiger partial charge in [0.15, 0.2) is 11.8 Å². The number of aliphatic imine (C=N–C) groups is 1. The predicted octanol–water partition coefficient (Wildman–Crippen LogP) is 0.494. The zero-order valence-corrected chi connectivity index (χ0v) is 10.5. The first-order chi connectivity index (χ1) is 8.19. The van der Waals surface area contributed by atoms with Crippen molar-refractivity contribution in [1.82, 2.24) is 20.8 Å². The first kappa shape index (κ1) is 11.9. The number of nitrogens with one attached hydrogen (secondary N) is 2. The highest BCUT2D eigenvalue weighted by Crippen LogP contribution is 2.28. The Bertz CT molecular complexity index is 400. The van der Waals surface area contributed by atoms with Gasteiger partial charge in [-0.15, -0.1) is 0 Å². The van der Waals surface area contributed by atoms with Gasteiger partial charge in [0.1, 0.15) is 0 Å². The molecule has 0 aromatic carbocycles. The lowest BCUT2D eigenvalue weighted by atomic mass is 10.4. The molecule has 0 bridgehead atoms. The van der Waals surface area contributed by atoms with Gasteiger partial charge in [-0.1, -0.05) is 12.1 Å². The molecule has 2 N–H and O–H groups in total. The maximum atomic E-state index is 5.03. The van der Waals surface area contributed by atoms with Crippen LogP contribution in [0.3, 0.4) is 0 Å². The Morgan fingerprint density at radius 1 is 1.59 bits per heavy atom. The van der Waals surface area contributed by atoms with Crippen LogP contribution in [0.25, 0.3) is 0 Å². The van der Waals surface area contributed by atoms with Crippen molar-refractivity contribution < 1.29 is 4.52 Å². The lowest BCUT2D eigenvalue weighted by Crippen LogP contribution is -2.39. The van der Waals surface area contributed by atoms with E-state index in [1.165, 1.54) is 6.42 Å². The van der Waals surface area contributed by atoms with Crippen molar-refractivity contribution in [3.63, 3.8) is 0 Å². The van der Waals surface area contributed by atoms with Gasteiger partial charge in [-0.05, 0) is 19.3 Å². The third kappa shape index (κ3) is 3.44. The van der Waals surface area contributed by atoms with E-state index in [4.69, 9.17) is 4.52 Å². The Balaban J connectivity index is 1.69. The van der Waals surface area contributed by atoms with E-state index in [1.54, 1.807) is 7.05 Å². The molecule has 1 aromatic heterocycles. The highest BCUT2D eigenvalue weighted by atomic mass is 16.5. The topological polar surface area (TPSA) is 75.3 Å². The summed E-state index contributed by atoms with van der Waals surface area (Å²) in [6.45, 7) is 4.78. The molecular weight excluding hydrogens is 218 g/mol. The van der Waals surface area contributed by atoms with Gasteiger partial charge in [-0.3, -0.25) is 4.99 Å². The Morgan fingerprint density at radius 3 is 2.88 bits per heavy atom. The molecule has 1 fully saturated rings. The normalized spacial score (nSPS) is 23.6. The minimum atomic E-state index is 0.576. The summed E-state index contributed by atoms with van der Waals surface area (Å²) in [4.78, 5) is 8.31. The van der Waals surface area contributed by atoms with Crippen molar-refractivity contribution in [3.8, 4) is 0 Å². The lowest BCUT2D eigenvalue weighted by Gasteiger charge is -2.10. The molecule has 2 unspecified atom stereocenters. The van der Waals surface area contributed by atoms with E-state index in [0.29, 0.717) is 24.2 Å². The molecule has 1 heterocycles. The van der Waals surface area contributed by atoms with Crippen molar-refractivity contribution in [3.05, 3.63) is 11.7 Å². The maximum absolute atomic E-state index is 5.03. The quantitative estimate of drug-likeness (QED) is 0.589. The fourth-order valence-electron chi connectivity index (χ4n) is 1.62. The fourth-order valence-corrected chi connectivity index (χ4v) is 1.62. The maximum Gasteiger partial charge on any atom is 0.228 e. The molecule has 17 heavy (non-hydrogen) atoms. The van der Waals surface area contributed by atoms with Crippen LogP contribution in [-0.2, 0) is 6.42 Å². The van der Waals surface area contributed by atoms with E-state index in [1.807, 2.05) is 6.92 Å². The van der Waals surface area contributed by atoms with Gasteiger partial charge in [0.25, 0.3) is 0 Å². The van der Waals surface area contributed by atoms with Gasteiger partial charge in [-0.25, -0.2) is 0 Å². The minimum absolute atomic E-state index is 0.576. The first-order valence-corrected chi connectivity index (χ1v) is 5.95. The SMILES string of the molecule is CN=C(NCCc1nc(C)no1)NC1CC1C. The predicted molar refractivity (Wildman–Crippen MR) is 64.8 cm³/mol. The van der Waals surface area contributed by atoms with Crippen LogP contribution in [0.2, 0.25) is 0 Å². The van der Waals surface area contributed by atoms with Crippen LogP contribution in [-0.4, -0.2) is 35.7 Å². The third-order valence-corrected chi connectivity index (χ3v) is 2.86. The fraction of sp³-hybridized carbons (Fsp3) is 0.727. The standard InChI is InChI=1S/C11H19N5O/c1-7-6-9(7)15-11(12-3)13-5-4-10-14-8(2)16-17-10/h7,9H,4-6H2,1-3H3,(H2,12,13,15).